The van der Waals surface area contributed by atoms with Crippen molar-refractivity contribution in [1.82, 2.24) is 5.32 Å². The van der Waals surface area contributed by atoms with Crippen LogP contribution in [-0.2, 0) is 5.41 Å². The van der Waals surface area contributed by atoms with Crippen LogP contribution in [-0.4, -0.2) is 18.6 Å². The normalized spacial score (nSPS) is 12.5. The standard InChI is InChI=1S/C21H27NO2/c1-15-6-12-19(13-7-15)24-14-16(2)22-20(23)17-8-10-18(11-9-17)21(3,4)5/h6-13,16H,14H2,1-5H3,(H,22,23). The maximum Gasteiger partial charge on any atom is 0.251 e. The molecular formula is C21H27NO2. The Balaban J connectivity index is 1.88. The highest BCUT2D eigenvalue weighted by Gasteiger charge is 2.15. The number of nitrogens with one attached hydrogen (secondary N) is 1. The van der Waals surface area contributed by atoms with Gasteiger partial charge >= 0.3 is 0 Å². The van der Waals surface area contributed by atoms with Crippen molar-refractivity contribution < 1.29 is 9.53 Å². The molecule has 1 unspecified atom stereocenters. The molecule has 0 aliphatic rings. The number of hydrogen-bond donors (Lipinski definition) is 1. The Labute approximate surface area is 145 Å². The maximum atomic E-state index is 12.3. The Morgan fingerprint density at radius 3 is 2.17 bits per heavy atom. The topological polar surface area (TPSA) is 38.3 Å². The van der Waals surface area contributed by atoms with Crippen molar-refractivity contribution in [1.29, 1.82) is 0 Å². The van der Waals surface area contributed by atoms with Crippen molar-refractivity contribution in [3.8, 4) is 5.75 Å². The molecule has 0 aliphatic heterocycles. The van der Waals surface area contributed by atoms with E-state index in [9.17, 15) is 4.79 Å². The number of carbonyl (C=O) groups is 1. The molecule has 2 aromatic carbocycles. The molecule has 0 fully saturated rings. The molecule has 0 bridgehead atoms. The average Bonchev–Trinajstić information content (AvgIpc) is 2.53. The van der Waals surface area contributed by atoms with Crippen LogP contribution in [0.1, 0.15) is 49.2 Å². The van der Waals surface area contributed by atoms with Crippen LogP contribution in [0, 0.1) is 6.92 Å². The van der Waals surface area contributed by atoms with E-state index in [1.54, 1.807) is 0 Å². The quantitative estimate of drug-likeness (QED) is 0.879. The summed E-state index contributed by atoms with van der Waals surface area (Å²) in [6, 6.07) is 15.6. The minimum Gasteiger partial charge on any atom is -0.491 e. The van der Waals surface area contributed by atoms with Gasteiger partial charge in [0.15, 0.2) is 0 Å². The molecule has 0 saturated carbocycles. The smallest absolute Gasteiger partial charge is 0.251 e. The molecule has 0 spiro atoms. The molecule has 1 N–H and O–H groups in total. The van der Waals surface area contributed by atoms with Crippen LogP contribution < -0.4 is 10.1 Å². The van der Waals surface area contributed by atoms with Crippen molar-refractivity contribution in [2.24, 2.45) is 0 Å². The summed E-state index contributed by atoms with van der Waals surface area (Å²) in [6.45, 7) is 10.9. The number of rotatable bonds is 5. The van der Waals surface area contributed by atoms with Gasteiger partial charge in [-0.25, -0.2) is 0 Å². The number of ether oxygens (including phenoxy) is 1. The van der Waals surface area contributed by atoms with E-state index in [0.29, 0.717) is 12.2 Å². The predicted octanol–water partition coefficient (Wildman–Crippen LogP) is 4.49. The Morgan fingerprint density at radius 1 is 1.04 bits per heavy atom. The summed E-state index contributed by atoms with van der Waals surface area (Å²) in [5, 5.41) is 2.97. The van der Waals surface area contributed by atoms with Crippen LogP contribution in [0.2, 0.25) is 0 Å². The van der Waals surface area contributed by atoms with Crippen molar-refractivity contribution in [2.45, 2.75) is 46.1 Å². The first-order valence-electron chi connectivity index (χ1n) is 8.36. The van der Waals surface area contributed by atoms with Crippen molar-refractivity contribution in [3.63, 3.8) is 0 Å². The molecule has 0 saturated heterocycles. The maximum absolute atomic E-state index is 12.3. The summed E-state index contributed by atoms with van der Waals surface area (Å²) in [7, 11) is 0. The molecule has 1 amide bonds. The molecule has 2 rings (SSSR count). The van der Waals surface area contributed by atoms with E-state index in [4.69, 9.17) is 4.74 Å². The van der Waals surface area contributed by atoms with E-state index in [1.165, 1.54) is 11.1 Å². The van der Waals surface area contributed by atoms with Crippen molar-refractivity contribution >= 4 is 5.91 Å². The highest BCUT2D eigenvalue weighted by Crippen LogP contribution is 2.22. The van der Waals surface area contributed by atoms with Crippen LogP contribution in [0.25, 0.3) is 0 Å². The number of amides is 1. The third-order valence-corrected chi connectivity index (χ3v) is 3.91. The zero-order valence-corrected chi connectivity index (χ0v) is 15.2. The zero-order chi connectivity index (χ0) is 17.7. The third kappa shape index (κ3) is 5.12. The van der Waals surface area contributed by atoms with E-state index < -0.39 is 0 Å². The molecule has 0 radical (unpaired) electrons. The zero-order valence-electron chi connectivity index (χ0n) is 15.2. The first-order chi connectivity index (χ1) is 11.3. The summed E-state index contributed by atoms with van der Waals surface area (Å²) < 4.78 is 5.71. The van der Waals surface area contributed by atoms with Crippen molar-refractivity contribution in [2.75, 3.05) is 6.61 Å². The van der Waals surface area contributed by atoms with Crippen LogP contribution in [0.15, 0.2) is 48.5 Å². The molecule has 0 heterocycles. The Morgan fingerprint density at radius 2 is 1.62 bits per heavy atom. The molecule has 3 heteroatoms. The van der Waals surface area contributed by atoms with E-state index in [1.807, 2.05) is 62.4 Å². The lowest BCUT2D eigenvalue weighted by Crippen LogP contribution is -2.36. The number of benzene rings is 2. The fourth-order valence-corrected chi connectivity index (χ4v) is 2.33. The number of aryl methyl sites for hydroxylation is 1. The van der Waals surface area contributed by atoms with Gasteiger partial charge in [0.2, 0.25) is 0 Å². The van der Waals surface area contributed by atoms with Gasteiger partial charge in [0, 0.05) is 5.56 Å². The minimum absolute atomic E-state index is 0.0684. The van der Waals surface area contributed by atoms with Crippen LogP contribution in [0.3, 0.4) is 0 Å². The largest absolute Gasteiger partial charge is 0.491 e. The summed E-state index contributed by atoms with van der Waals surface area (Å²) >= 11 is 0. The SMILES string of the molecule is Cc1ccc(OCC(C)NC(=O)c2ccc(C(C)(C)C)cc2)cc1. The molecule has 24 heavy (non-hydrogen) atoms. The van der Waals surface area contributed by atoms with E-state index in [2.05, 4.69) is 26.1 Å². The van der Waals surface area contributed by atoms with Gasteiger partial charge in [0.05, 0.1) is 6.04 Å². The highest BCUT2D eigenvalue weighted by atomic mass is 16.5. The summed E-state index contributed by atoms with van der Waals surface area (Å²) in [5.41, 5.74) is 3.17. The molecule has 3 nitrogen and oxygen atoms in total. The van der Waals surface area contributed by atoms with Gasteiger partial charge in [-0.2, -0.15) is 0 Å². The Kier molecular flexibility index (Phi) is 5.66. The lowest BCUT2D eigenvalue weighted by molar-refractivity contribution is 0.0926. The molecule has 0 aromatic heterocycles. The first kappa shape index (κ1) is 18.1. The summed E-state index contributed by atoms with van der Waals surface area (Å²) in [4.78, 5) is 12.3. The summed E-state index contributed by atoms with van der Waals surface area (Å²) in [5.74, 6) is 0.742. The van der Waals surface area contributed by atoms with Gasteiger partial charge < -0.3 is 10.1 Å². The third-order valence-electron chi connectivity index (χ3n) is 3.91. The second kappa shape index (κ2) is 7.52. The summed E-state index contributed by atoms with van der Waals surface area (Å²) in [6.07, 6.45) is 0. The lowest BCUT2D eigenvalue weighted by atomic mass is 9.86. The second-order valence-electron chi connectivity index (χ2n) is 7.33. The minimum atomic E-state index is -0.0736. The van der Waals surface area contributed by atoms with Gasteiger partial charge in [0.25, 0.3) is 5.91 Å². The number of carbonyl (C=O) groups excluding carboxylic acids is 1. The van der Waals surface area contributed by atoms with E-state index in [-0.39, 0.29) is 17.4 Å². The van der Waals surface area contributed by atoms with E-state index in [0.717, 1.165) is 5.75 Å². The monoisotopic (exact) mass is 325 g/mol. The fraction of sp³-hybridized carbons (Fsp3) is 0.381. The van der Waals surface area contributed by atoms with Gasteiger partial charge in [-0.15, -0.1) is 0 Å². The molecule has 1 atom stereocenters. The molecular weight excluding hydrogens is 298 g/mol. The lowest BCUT2D eigenvalue weighted by Gasteiger charge is -2.19. The highest BCUT2D eigenvalue weighted by molar-refractivity contribution is 5.94. The molecule has 128 valence electrons. The Hall–Kier alpha value is -2.29. The fourth-order valence-electron chi connectivity index (χ4n) is 2.33. The predicted molar refractivity (Wildman–Crippen MR) is 98.7 cm³/mol. The average molecular weight is 325 g/mol. The van der Waals surface area contributed by atoms with Crippen LogP contribution in [0.5, 0.6) is 5.75 Å². The van der Waals surface area contributed by atoms with E-state index >= 15 is 0 Å². The van der Waals surface area contributed by atoms with Gasteiger partial charge in [-0.05, 0) is 49.1 Å². The van der Waals surface area contributed by atoms with Crippen molar-refractivity contribution in [3.05, 3.63) is 65.2 Å². The Bertz CT molecular complexity index is 666. The van der Waals surface area contributed by atoms with Gasteiger partial charge in [-0.3, -0.25) is 4.79 Å². The molecule has 2 aromatic rings. The number of hydrogen-bond acceptors (Lipinski definition) is 2. The van der Waals surface area contributed by atoms with Gasteiger partial charge in [-0.1, -0.05) is 50.6 Å². The van der Waals surface area contributed by atoms with Crippen LogP contribution in [0.4, 0.5) is 0 Å². The van der Waals surface area contributed by atoms with Gasteiger partial charge in [0.1, 0.15) is 12.4 Å². The first-order valence-corrected chi connectivity index (χ1v) is 8.36. The second-order valence-corrected chi connectivity index (χ2v) is 7.33. The van der Waals surface area contributed by atoms with Crippen LogP contribution >= 0.6 is 0 Å². The molecule has 0 aliphatic carbocycles.